The highest BCUT2D eigenvalue weighted by atomic mass is 16.6. The first-order chi connectivity index (χ1) is 11.1. The number of nitrogens with zero attached hydrogens (tertiary/aromatic N) is 3. The summed E-state index contributed by atoms with van der Waals surface area (Å²) in [5.41, 5.74) is 1.38. The fourth-order valence-corrected chi connectivity index (χ4v) is 2.29. The molecule has 0 aliphatic rings. The van der Waals surface area contributed by atoms with Crippen LogP contribution in [0, 0.1) is 10.1 Å². The van der Waals surface area contributed by atoms with Gasteiger partial charge in [-0.1, -0.05) is 30.3 Å². The Bertz CT molecular complexity index is 839. The third-order valence-electron chi connectivity index (χ3n) is 3.45. The van der Waals surface area contributed by atoms with Crippen molar-refractivity contribution >= 4 is 11.5 Å². The predicted octanol–water partition coefficient (Wildman–Crippen LogP) is 3.07. The van der Waals surface area contributed by atoms with E-state index < -0.39 is 4.92 Å². The average Bonchev–Trinajstić information content (AvgIpc) is 3.03. The Balaban J connectivity index is 1.86. The fourth-order valence-electron chi connectivity index (χ4n) is 2.29. The summed E-state index contributed by atoms with van der Waals surface area (Å²) in [5, 5.41) is 10.7. The number of aromatic nitrogens is 2. The molecule has 0 N–H and O–H groups in total. The van der Waals surface area contributed by atoms with Gasteiger partial charge >= 0.3 is 0 Å². The van der Waals surface area contributed by atoms with Crippen LogP contribution < -0.4 is 0 Å². The topological polar surface area (TPSA) is 78.0 Å². The van der Waals surface area contributed by atoms with Crippen molar-refractivity contribution in [2.75, 3.05) is 0 Å². The number of nitro benzene ring substituents is 1. The lowest BCUT2D eigenvalue weighted by atomic mass is 10.1. The van der Waals surface area contributed by atoms with Gasteiger partial charge in [0.05, 0.1) is 4.92 Å². The molecule has 0 spiro atoms. The maximum atomic E-state index is 12.5. The van der Waals surface area contributed by atoms with Crippen LogP contribution in [0.2, 0.25) is 0 Å². The molecule has 0 fully saturated rings. The second kappa shape index (κ2) is 6.23. The van der Waals surface area contributed by atoms with Crippen molar-refractivity contribution < 1.29 is 9.72 Å². The summed E-state index contributed by atoms with van der Waals surface area (Å²) in [6, 6.07) is 15.3. The van der Waals surface area contributed by atoms with Gasteiger partial charge in [-0.2, -0.15) is 0 Å². The van der Waals surface area contributed by atoms with Crippen LogP contribution in [0.3, 0.4) is 0 Å². The molecule has 0 amide bonds. The number of hydrogen-bond donors (Lipinski definition) is 0. The Labute approximate surface area is 132 Å². The highest BCUT2D eigenvalue weighted by Gasteiger charge is 2.16. The minimum absolute atomic E-state index is 0.0471. The van der Waals surface area contributed by atoms with Crippen LogP contribution in [-0.2, 0) is 6.54 Å². The summed E-state index contributed by atoms with van der Waals surface area (Å²) in [6.45, 7) is 0.537. The monoisotopic (exact) mass is 307 g/mol. The molecule has 0 aliphatic carbocycles. The molecule has 0 bridgehead atoms. The lowest BCUT2D eigenvalue weighted by Gasteiger charge is -2.07. The number of carbonyl (C=O) groups excluding carboxylic acids is 1. The molecule has 23 heavy (non-hydrogen) atoms. The van der Waals surface area contributed by atoms with E-state index in [4.69, 9.17) is 0 Å². The molecule has 1 aromatic heterocycles. The van der Waals surface area contributed by atoms with Gasteiger partial charge in [0.1, 0.15) is 0 Å². The first-order valence-electron chi connectivity index (χ1n) is 6.99. The number of ketones is 1. The van der Waals surface area contributed by atoms with E-state index >= 15 is 0 Å². The van der Waals surface area contributed by atoms with Crippen molar-refractivity contribution in [1.82, 2.24) is 9.55 Å². The molecule has 6 heteroatoms. The molecule has 0 saturated carbocycles. The summed E-state index contributed by atoms with van der Waals surface area (Å²) < 4.78 is 1.76. The molecule has 0 atom stereocenters. The predicted molar refractivity (Wildman–Crippen MR) is 84.3 cm³/mol. The highest BCUT2D eigenvalue weighted by Crippen LogP contribution is 2.15. The molecule has 114 valence electrons. The van der Waals surface area contributed by atoms with E-state index in [0.29, 0.717) is 17.9 Å². The van der Waals surface area contributed by atoms with Crippen molar-refractivity contribution in [2.45, 2.75) is 6.54 Å². The van der Waals surface area contributed by atoms with Gasteiger partial charge in [-0.05, 0) is 17.7 Å². The van der Waals surface area contributed by atoms with Gasteiger partial charge in [-0.3, -0.25) is 14.9 Å². The van der Waals surface area contributed by atoms with Crippen molar-refractivity contribution in [1.29, 1.82) is 0 Å². The first-order valence-corrected chi connectivity index (χ1v) is 6.99. The lowest BCUT2D eigenvalue weighted by Crippen LogP contribution is -2.12. The van der Waals surface area contributed by atoms with Crippen LogP contribution in [0.1, 0.15) is 21.7 Å². The zero-order valence-electron chi connectivity index (χ0n) is 12.1. The van der Waals surface area contributed by atoms with Crippen LogP contribution >= 0.6 is 0 Å². The second-order valence-electron chi connectivity index (χ2n) is 5.00. The molecule has 1 heterocycles. The fraction of sp³-hybridized carbons (Fsp3) is 0.0588. The Morgan fingerprint density at radius 2 is 1.78 bits per heavy atom. The molecule has 0 saturated heterocycles. The lowest BCUT2D eigenvalue weighted by molar-refractivity contribution is -0.384. The smallest absolute Gasteiger partial charge is 0.269 e. The van der Waals surface area contributed by atoms with Crippen LogP contribution in [-0.4, -0.2) is 20.3 Å². The normalized spacial score (nSPS) is 10.4. The van der Waals surface area contributed by atoms with Crippen molar-refractivity contribution in [3.8, 4) is 0 Å². The van der Waals surface area contributed by atoms with Crippen LogP contribution in [0.15, 0.2) is 67.0 Å². The largest absolute Gasteiger partial charge is 0.324 e. The second-order valence-corrected chi connectivity index (χ2v) is 5.00. The van der Waals surface area contributed by atoms with Crippen molar-refractivity contribution in [3.05, 3.63) is 94.1 Å². The summed E-state index contributed by atoms with van der Waals surface area (Å²) in [7, 11) is 0. The average molecular weight is 307 g/mol. The van der Waals surface area contributed by atoms with E-state index in [0.717, 1.165) is 5.56 Å². The summed E-state index contributed by atoms with van der Waals surface area (Å²) in [6.07, 6.45) is 3.31. The number of benzene rings is 2. The number of hydrogen-bond acceptors (Lipinski definition) is 4. The van der Waals surface area contributed by atoms with Crippen molar-refractivity contribution in [3.63, 3.8) is 0 Å². The number of carbonyl (C=O) groups is 1. The molecule has 0 unspecified atom stereocenters. The van der Waals surface area contributed by atoms with E-state index in [1.165, 1.54) is 24.3 Å². The molecule has 3 aromatic rings. The summed E-state index contributed by atoms with van der Waals surface area (Å²) >= 11 is 0. The Kier molecular flexibility index (Phi) is 3.97. The number of nitro groups is 1. The van der Waals surface area contributed by atoms with E-state index in [1.807, 2.05) is 30.3 Å². The maximum Gasteiger partial charge on any atom is 0.269 e. The van der Waals surface area contributed by atoms with Gasteiger partial charge in [0.2, 0.25) is 5.78 Å². The quantitative estimate of drug-likeness (QED) is 0.412. The van der Waals surface area contributed by atoms with Gasteiger partial charge in [0.15, 0.2) is 5.82 Å². The third-order valence-corrected chi connectivity index (χ3v) is 3.45. The van der Waals surface area contributed by atoms with Crippen LogP contribution in [0.4, 0.5) is 5.69 Å². The molecular weight excluding hydrogens is 294 g/mol. The third kappa shape index (κ3) is 3.16. The molecule has 2 aromatic carbocycles. The SMILES string of the molecule is O=C(c1ccc([N+](=O)[O-])cc1)c1nccn1Cc1ccccc1. The maximum absolute atomic E-state index is 12.5. The van der Waals surface area contributed by atoms with Gasteiger partial charge < -0.3 is 4.57 Å². The number of rotatable bonds is 5. The van der Waals surface area contributed by atoms with Gasteiger partial charge in [0, 0.05) is 36.6 Å². The number of imidazole rings is 1. The Hall–Kier alpha value is -3.28. The molecule has 3 rings (SSSR count). The van der Waals surface area contributed by atoms with E-state index in [-0.39, 0.29) is 11.5 Å². The van der Waals surface area contributed by atoms with E-state index in [9.17, 15) is 14.9 Å². The molecular formula is C17H13N3O3. The van der Waals surface area contributed by atoms with Gasteiger partial charge in [-0.25, -0.2) is 4.98 Å². The van der Waals surface area contributed by atoms with Crippen molar-refractivity contribution in [2.24, 2.45) is 0 Å². The highest BCUT2D eigenvalue weighted by molar-refractivity contribution is 6.06. The van der Waals surface area contributed by atoms with E-state index in [1.54, 1.807) is 17.0 Å². The zero-order chi connectivity index (χ0) is 16.2. The summed E-state index contributed by atoms with van der Waals surface area (Å²) in [4.78, 5) is 26.8. The Morgan fingerprint density at radius 3 is 2.43 bits per heavy atom. The van der Waals surface area contributed by atoms with Gasteiger partial charge in [-0.15, -0.1) is 0 Å². The minimum atomic E-state index is -0.495. The summed E-state index contributed by atoms with van der Waals surface area (Å²) in [5.74, 6) is 0.0449. The minimum Gasteiger partial charge on any atom is -0.324 e. The molecule has 0 radical (unpaired) electrons. The van der Waals surface area contributed by atoms with Crippen LogP contribution in [0.5, 0.6) is 0 Å². The molecule has 6 nitrogen and oxygen atoms in total. The van der Waals surface area contributed by atoms with Crippen LogP contribution in [0.25, 0.3) is 0 Å². The first kappa shape index (κ1) is 14.6. The number of non-ortho nitro benzene ring substituents is 1. The molecule has 0 aliphatic heterocycles. The van der Waals surface area contributed by atoms with Gasteiger partial charge in [0.25, 0.3) is 5.69 Å². The Morgan fingerprint density at radius 1 is 1.09 bits per heavy atom. The van der Waals surface area contributed by atoms with E-state index in [2.05, 4.69) is 4.98 Å². The zero-order valence-corrected chi connectivity index (χ0v) is 12.1. The standard InChI is InChI=1S/C17H13N3O3/c21-16(14-6-8-15(9-7-14)20(22)23)17-18-10-11-19(17)12-13-4-2-1-3-5-13/h1-11H,12H2.